The quantitative estimate of drug-likeness (QED) is 0.547. The third-order valence-electron chi connectivity index (χ3n) is 2.88. The molecule has 0 aliphatic carbocycles. The third kappa shape index (κ3) is 4.90. The van der Waals surface area contributed by atoms with Crippen LogP contribution in [0.5, 0.6) is 5.75 Å². The van der Waals surface area contributed by atoms with E-state index < -0.39 is 5.97 Å². The Morgan fingerprint density at radius 2 is 1.95 bits per heavy atom. The fourth-order valence-corrected chi connectivity index (χ4v) is 2.22. The zero-order valence-electron chi connectivity index (χ0n) is 11.9. The number of hydrogen-bond acceptors (Lipinski definition) is 3. The molecule has 22 heavy (non-hydrogen) atoms. The first-order valence-corrected chi connectivity index (χ1v) is 7.68. The molecule has 5 heteroatoms. The van der Waals surface area contributed by atoms with Gasteiger partial charge in [-0.05, 0) is 41.5 Å². The van der Waals surface area contributed by atoms with E-state index in [1.54, 1.807) is 18.2 Å². The minimum Gasteiger partial charge on any atom is -0.487 e. The fourth-order valence-electron chi connectivity index (χ4n) is 1.71. The van der Waals surface area contributed by atoms with Gasteiger partial charge < -0.3 is 9.47 Å². The maximum atomic E-state index is 11.1. The molecule has 3 nitrogen and oxygen atoms in total. The number of esters is 1. The highest BCUT2D eigenvalue weighted by molar-refractivity contribution is 9.10. The van der Waals surface area contributed by atoms with Crippen LogP contribution >= 0.6 is 27.5 Å². The summed E-state index contributed by atoms with van der Waals surface area (Å²) in [5.74, 6) is 0.187. The van der Waals surface area contributed by atoms with E-state index in [1.165, 1.54) is 13.2 Å². The van der Waals surface area contributed by atoms with Gasteiger partial charge in [-0.3, -0.25) is 0 Å². The van der Waals surface area contributed by atoms with Crippen LogP contribution in [0.1, 0.15) is 11.1 Å². The van der Waals surface area contributed by atoms with Crippen molar-refractivity contribution in [2.45, 2.75) is 6.61 Å². The fraction of sp³-hybridized carbons (Fsp3) is 0.118. The van der Waals surface area contributed by atoms with Crippen LogP contribution < -0.4 is 4.74 Å². The van der Waals surface area contributed by atoms with Crippen molar-refractivity contribution >= 4 is 39.6 Å². The lowest BCUT2D eigenvalue weighted by molar-refractivity contribution is -0.134. The molecular formula is C17H14BrClO3. The lowest BCUT2D eigenvalue weighted by atomic mass is 10.2. The van der Waals surface area contributed by atoms with Gasteiger partial charge in [0.2, 0.25) is 0 Å². The Hall–Kier alpha value is -1.78. The third-order valence-corrected chi connectivity index (χ3v) is 3.70. The van der Waals surface area contributed by atoms with Crippen molar-refractivity contribution in [3.63, 3.8) is 0 Å². The van der Waals surface area contributed by atoms with Crippen LogP contribution in [-0.4, -0.2) is 13.1 Å². The summed E-state index contributed by atoms with van der Waals surface area (Å²) in [6.07, 6.45) is 2.98. The number of halogens is 2. The van der Waals surface area contributed by atoms with Crippen LogP contribution in [0.4, 0.5) is 0 Å². The monoisotopic (exact) mass is 380 g/mol. The summed E-state index contributed by atoms with van der Waals surface area (Å²) in [6.45, 7) is 0.435. The smallest absolute Gasteiger partial charge is 0.330 e. The van der Waals surface area contributed by atoms with Crippen LogP contribution in [0.2, 0.25) is 5.02 Å². The second kappa shape index (κ2) is 8.01. The van der Waals surface area contributed by atoms with Crippen LogP contribution in [0.25, 0.3) is 6.08 Å². The Kier molecular flexibility index (Phi) is 6.04. The first kappa shape index (κ1) is 16.6. The number of ether oxygens (including phenoxy) is 2. The van der Waals surface area contributed by atoms with Crippen molar-refractivity contribution in [3.05, 3.63) is 69.2 Å². The molecule has 0 aromatic heterocycles. The summed E-state index contributed by atoms with van der Waals surface area (Å²) >= 11 is 9.58. The van der Waals surface area contributed by atoms with Crippen molar-refractivity contribution in [1.82, 2.24) is 0 Å². The van der Waals surface area contributed by atoms with Gasteiger partial charge >= 0.3 is 5.97 Å². The van der Waals surface area contributed by atoms with Gasteiger partial charge in [0.1, 0.15) is 12.4 Å². The zero-order valence-corrected chi connectivity index (χ0v) is 14.2. The second-order valence-electron chi connectivity index (χ2n) is 4.46. The van der Waals surface area contributed by atoms with Crippen molar-refractivity contribution in [2.75, 3.05) is 7.11 Å². The van der Waals surface area contributed by atoms with E-state index in [-0.39, 0.29) is 0 Å². The van der Waals surface area contributed by atoms with Crippen molar-refractivity contribution in [3.8, 4) is 5.75 Å². The number of hydrogen-bond donors (Lipinski definition) is 0. The molecule has 0 aliphatic heterocycles. The number of carbonyl (C=O) groups is 1. The molecule has 0 saturated carbocycles. The van der Waals surface area contributed by atoms with Crippen LogP contribution in [0.3, 0.4) is 0 Å². The highest BCUT2D eigenvalue weighted by Crippen LogP contribution is 2.27. The van der Waals surface area contributed by atoms with Gasteiger partial charge in [0.15, 0.2) is 0 Å². The van der Waals surface area contributed by atoms with E-state index >= 15 is 0 Å². The molecule has 114 valence electrons. The van der Waals surface area contributed by atoms with Crippen LogP contribution in [0, 0.1) is 0 Å². The average Bonchev–Trinajstić information content (AvgIpc) is 2.53. The summed E-state index contributed by atoms with van der Waals surface area (Å²) < 4.78 is 11.3. The Morgan fingerprint density at radius 3 is 2.59 bits per heavy atom. The Morgan fingerprint density at radius 1 is 1.23 bits per heavy atom. The molecule has 0 unspecified atom stereocenters. The zero-order chi connectivity index (χ0) is 15.9. The van der Waals surface area contributed by atoms with Crippen molar-refractivity contribution in [1.29, 1.82) is 0 Å². The number of methoxy groups -OCH3 is 1. The number of benzene rings is 2. The molecule has 0 radical (unpaired) electrons. The molecule has 2 rings (SSSR count). The first-order chi connectivity index (χ1) is 10.6. The summed E-state index contributed by atoms with van der Waals surface area (Å²) in [5.41, 5.74) is 1.85. The second-order valence-corrected chi connectivity index (χ2v) is 5.78. The van der Waals surface area contributed by atoms with E-state index in [4.69, 9.17) is 16.3 Å². The molecule has 0 atom stereocenters. The normalized spacial score (nSPS) is 10.7. The minimum absolute atomic E-state index is 0.410. The van der Waals surface area contributed by atoms with Gasteiger partial charge in [0.25, 0.3) is 0 Å². The van der Waals surface area contributed by atoms with E-state index in [0.717, 1.165) is 15.6 Å². The van der Waals surface area contributed by atoms with Gasteiger partial charge in [-0.2, -0.15) is 0 Å². The van der Waals surface area contributed by atoms with E-state index in [9.17, 15) is 4.79 Å². The van der Waals surface area contributed by atoms with E-state index in [2.05, 4.69) is 20.7 Å². The summed E-state index contributed by atoms with van der Waals surface area (Å²) in [5, 5.41) is 0.490. The Bertz CT molecular complexity index is 681. The maximum Gasteiger partial charge on any atom is 0.330 e. The molecule has 0 heterocycles. The molecule has 0 N–H and O–H groups in total. The predicted molar refractivity (Wildman–Crippen MR) is 91.0 cm³/mol. The molecule has 0 fully saturated rings. The number of carbonyl (C=O) groups excluding carboxylic acids is 1. The topological polar surface area (TPSA) is 35.5 Å². The summed E-state index contributed by atoms with van der Waals surface area (Å²) in [4.78, 5) is 11.1. The molecule has 0 aliphatic rings. The average molecular weight is 382 g/mol. The highest BCUT2D eigenvalue weighted by Gasteiger charge is 2.03. The molecule has 2 aromatic carbocycles. The maximum absolute atomic E-state index is 11.1. The molecule has 0 bridgehead atoms. The van der Waals surface area contributed by atoms with Crippen molar-refractivity contribution in [2.24, 2.45) is 0 Å². The standard InChI is InChI=1S/C17H14BrClO3/c1-21-17(20)9-5-12-4-8-16(15(19)10-12)22-11-13-2-6-14(18)7-3-13/h2-10H,11H2,1H3/b9-5+. The van der Waals surface area contributed by atoms with Gasteiger partial charge in [-0.15, -0.1) is 0 Å². The van der Waals surface area contributed by atoms with Gasteiger partial charge in [-0.25, -0.2) is 4.79 Å². The van der Waals surface area contributed by atoms with E-state index in [0.29, 0.717) is 17.4 Å². The Labute approximate surface area is 142 Å². The largest absolute Gasteiger partial charge is 0.487 e. The molecule has 0 spiro atoms. The highest BCUT2D eigenvalue weighted by atomic mass is 79.9. The van der Waals surface area contributed by atoms with Crippen LogP contribution in [-0.2, 0) is 16.1 Å². The summed E-state index contributed by atoms with van der Waals surface area (Å²) in [6, 6.07) is 13.2. The minimum atomic E-state index is -0.410. The molecular weight excluding hydrogens is 368 g/mol. The number of rotatable bonds is 5. The molecule has 2 aromatic rings. The molecule has 0 amide bonds. The van der Waals surface area contributed by atoms with Gasteiger partial charge in [0, 0.05) is 10.5 Å². The lowest BCUT2D eigenvalue weighted by Crippen LogP contribution is -1.96. The van der Waals surface area contributed by atoms with E-state index in [1.807, 2.05) is 30.3 Å². The SMILES string of the molecule is COC(=O)/C=C/c1ccc(OCc2ccc(Br)cc2)c(Cl)c1. The van der Waals surface area contributed by atoms with Crippen LogP contribution in [0.15, 0.2) is 53.0 Å². The first-order valence-electron chi connectivity index (χ1n) is 6.51. The van der Waals surface area contributed by atoms with Gasteiger partial charge in [0.05, 0.1) is 12.1 Å². The summed E-state index contributed by atoms with van der Waals surface area (Å²) in [7, 11) is 1.33. The molecule has 0 saturated heterocycles. The predicted octanol–water partition coefficient (Wildman–Crippen LogP) is 4.87. The van der Waals surface area contributed by atoms with Crippen molar-refractivity contribution < 1.29 is 14.3 Å². The van der Waals surface area contributed by atoms with Gasteiger partial charge in [-0.1, -0.05) is 45.7 Å². The Balaban J connectivity index is 2.02. The lowest BCUT2D eigenvalue weighted by Gasteiger charge is -2.09.